The first kappa shape index (κ1) is 11.4. The van der Waals surface area contributed by atoms with Crippen LogP contribution in [0.3, 0.4) is 0 Å². The third kappa shape index (κ3) is 3.17. The summed E-state index contributed by atoms with van der Waals surface area (Å²) in [4.78, 5) is 9.93. The minimum absolute atomic E-state index is 0.0616. The Morgan fingerprint density at radius 1 is 1.53 bits per heavy atom. The van der Waals surface area contributed by atoms with Crippen LogP contribution in [-0.2, 0) is 0 Å². The summed E-state index contributed by atoms with van der Waals surface area (Å²) < 4.78 is 17.9. The second-order valence-corrected chi connectivity index (χ2v) is 2.86. The number of hydrogen-bond donors (Lipinski definition) is 1. The number of ether oxygens (including phenoxy) is 1. The van der Waals surface area contributed by atoms with E-state index < -0.39 is 10.7 Å². The molecule has 1 aromatic carbocycles. The van der Waals surface area contributed by atoms with Crippen LogP contribution >= 0.6 is 0 Å². The number of nitro benzene ring substituents is 1. The van der Waals surface area contributed by atoms with Crippen molar-refractivity contribution < 1.29 is 14.1 Å². The molecule has 1 rings (SSSR count). The molecule has 0 heterocycles. The maximum Gasteiger partial charge on any atom is 0.311 e. The zero-order valence-corrected chi connectivity index (χ0v) is 7.98. The molecule has 0 aromatic heterocycles. The zero-order valence-electron chi connectivity index (χ0n) is 7.98. The van der Waals surface area contributed by atoms with Gasteiger partial charge in [-0.15, -0.1) is 0 Å². The summed E-state index contributed by atoms with van der Waals surface area (Å²) in [6.07, 6.45) is 0.563. The van der Waals surface area contributed by atoms with Gasteiger partial charge in [-0.3, -0.25) is 10.1 Å². The molecule has 0 saturated heterocycles. The monoisotopic (exact) mass is 214 g/mol. The van der Waals surface area contributed by atoms with E-state index in [4.69, 9.17) is 10.5 Å². The van der Waals surface area contributed by atoms with Crippen LogP contribution in [-0.4, -0.2) is 18.1 Å². The van der Waals surface area contributed by atoms with Crippen molar-refractivity contribution >= 4 is 5.69 Å². The van der Waals surface area contributed by atoms with E-state index in [1.807, 2.05) is 0 Å². The first-order chi connectivity index (χ1) is 7.15. The fourth-order valence-electron chi connectivity index (χ4n) is 1.02. The predicted molar refractivity (Wildman–Crippen MR) is 52.2 cm³/mol. The Balaban J connectivity index is 2.82. The lowest BCUT2D eigenvalue weighted by Gasteiger charge is -2.05. The largest absolute Gasteiger partial charge is 0.487 e. The van der Waals surface area contributed by atoms with Crippen molar-refractivity contribution in [3.8, 4) is 5.75 Å². The summed E-state index contributed by atoms with van der Waals surface area (Å²) in [6.45, 7) is 0.657. The summed E-state index contributed by atoms with van der Waals surface area (Å²) in [5.41, 5.74) is 4.99. The van der Waals surface area contributed by atoms with E-state index in [0.29, 0.717) is 13.0 Å². The number of benzene rings is 1. The van der Waals surface area contributed by atoms with Gasteiger partial charge < -0.3 is 10.5 Å². The molecule has 0 radical (unpaired) electrons. The lowest BCUT2D eigenvalue weighted by atomic mass is 10.3. The van der Waals surface area contributed by atoms with Crippen molar-refractivity contribution in [2.24, 2.45) is 5.73 Å². The zero-order chi connectivity index (χ0) is 11.3. The molecule has 0 spiro atoms. The normalized spacial score (nSPS) is 10.0. The van der Waals surface area contributed by atoms with Crippen LogP contribution in [0.25, 0.3) is 0 Å². The van der Waals surface area contributed by atoms with Crippen LogP contribution < -0.4 is 10.5 Å². The maximum absolute atomic E-state index is 12.8. The molecule has 15 heavy (non-hydrogen) atoms. The van der Waals surface area contributed by atoms with Gasteiger partial charge in [0.2, 0.25) is 0 Å². The molecule has 1 aromatic rings. The molecule has 0 aliphatic carbocycles. The molecule has 0 unspecified atom stereocenters. The van der Waals surface area contributed by atoms with Crippen molar-refractivity contribution in [1.29, 1.82) is 0 Å². The minimum Gasteiger partial charge on any atom is -0.487 e. The SMILES string of the molecule is NCCCOc1cc(F)ccc1[N+](=O)[O-]. The molecular weight excluding hydrogens is 203 g/mol. The molecule has 0 saturated carbocycles. The minimum atomic E-state index is -0.614. The highest BCUT2D eigenvalue weighted by Gasteiger charge is 2.15. The molecule has 0 atom stereocenters. The Labute approximate surface area is 85.8 Å². The average molecular weight is 214 g/mol. The summed E-state index contributed by atoms with van der Waals surface area (Å²) >= 11 is 0. The summed E-state index contributed by atoms with van der Waals surface area (Å²) in [5, 5.41) is 10.5. The number of rotatable bonds is 5. The molecule has 0 amide bonds. The predicted octanol–water partition coefficient (Wildman–Crippen LogP) is 1.46. The third-order valence-electron chi connectivity index (χ3n) is 1.72. The molecule has 2 N–H and O–H groups in total. The Morgan fingerprint density at radius 3 is 2.87 bits per heavy atom. The van der Waals surface area contributed by atoms with E-state index in [1.165, 1.54) is 0 Å². The molecule has 0 aliphatic heterocycles. The quantitative estimate of drug-likeness (QED) is 0.457. The van der Waals surface area contributed by atoms with Gasteiger partial charge in [0.15, 0.2) is 5.75 Å². The van der Waals surface area contributed by atoms with E-state index in [-0.39, 0.29) is 18.0 Å². The van der Waals surface area contributed by atoms with E-state index >= 15 is 0 Å². The summed E-state index contributed by atoms with van der Waals surface area (Å²) in [5.74, 6) is -0.628. The number of nitrogens with two attached hydrogens (primary N) is 1. The van der Waals surface area contributed by atoms with E-state index in [1.54, 1.807) is 0 Å². The highest BCUT2D eigenvalue weighted by molar-refractivity contribution is 5.46. The first-order valence-electron chi connectivity index (χ1n) is 4.42. The van der Waals surface area contributed by atoms with Gasteiger partial charge in [-0.2, -0.15) is 0 Å². The number of nitro groups is 1. The fraction of sp³-hybridized carbons (Fsp3) is 0.333. The Bertz CT molecular complexity index is 357. The van der Waals surface area contributed by atoms with E-state index in [2.05, 4.69) is 0 Å². The smallest absolute Gasteiger partial charge is 0.311 e. The highest BCUT2D eigenvalue weighted by Crippen LogP contribution is 2.27. The maximum atomic E-state index is 12.8. The molecule has 0 aliphatic rings. The van der Waals surface area contributed by atoms with Crippen molar-refractivity contribution in [2.45, 2.75) is 6.42 Å². The van der Waals surface area contributed by atoms with Gasteiger partial charge in [-0.1, -0.05) is 0 Å². The molecule has 0 fully saturated rings. The topological polar surface area (TPSA) is 78.4 Å². The number of halogens is 1. The molecular formula is C9H11FN2O3. The second-order valence-electron chi connectivity index (χ2n) is 2.86. The third-order valence-corrected chi connectivity index (χ3v) is 1.72. The molecule has 82 valence electrons. The van der Waals surface area contributed by atoms with Gasteiger partial charge in [0.05, 0.1) is 11.5 Å². The molecule has 6 heteroatoms. The van der Waals surface area contributed by atoms with Crippen LogP contribution in [0.15, 0.2) is 18.2 Å². The van der Waals surface area contributed by atoms with Crippen molar-refractivity contribution in [3.05, 3.63) is 34.1 Å². The van der Waals surface area contributed by atoms with Crippen LogP contribution in [0.4, 0.5) is 10.1 Å². The second kappa shape index (κ2) is 5.26. The van der Waals surface area contributed by atoms with Gasteiger partial charge in [0.1, 0.15) is 5.82 Å². The Morgan fingerprint density at radius 2 is 2.27 bits per heavy atom. The first-order valence-corrected chi connectivity index (χ1v) is 4.42. The van der Waals surface area contributed by atoms with Crippen molar-refractivity contribution in [2.75, 3.05) is 13.2 Å². The highest BCUT2D eigenvalue weighted by atomic mass is 19.1. The van der Waals surface area contributed by atoms with Gasteiger partial charge in [0.25, 0.3) is 0 Å². The fourth-order valence-corrected chi connectivity index (χ4v) is 1.02. The Kier molecular flexibility index (Phi) is 3.99. The van der Waals surface area contributed by atoms with Crippen LogP contribution in [0.1, 0.15) is 6.42 Å². The lowest BCUT2D eigenvalue weighted by molar-refractivity contribution is -0.385. The number of hydrogen-bond acceptors (Lipinski definition) is 4. The average Bonchev–Trinajstić information content (AvgIpc) is 2.18. The standard InChI is InChI=1S/C9H11FN2O3/c10-7-2-3-8(12(13)14)9(6-7)15-5-1-4-11/h2-3,6H,1,4-5,11H2. The van der Waals surface area contributed by atoms with Gasteiger partial charge in [-0.25, -0.2) is 4.39 Å². The van der Waals surface area contributed by atoms with Crippen molar-refractivity contribution in [3.63, 3.8) is 0 Å². The lowest BCUT2D eigenvalue weighted by Crippen LogP contribution is -2.07. The Hall–Kier alpha value is -1.69. The van der Waals surface area contributed by atoms with Gasteiger partial charge in [0, 0.05) is 12.1 Å². The van der Waals surface area contributed by atoms with Crippen LogP contribution in [0.5, 0.6) is 5.75 Å². The summed E-state index contributed by atoms with van der Waals surface area (Å²) in [7, 11) is 0. The van der Waals surface area contributed by atoms with Gasteiger partial charge in [-0.05, 0) is 19.0 Å². The summed E-state index contributed by atoms with van der Waals surface area (Å²) in [6, 6.07) is 3.09. The van der Waals surface area contributed by atoms with E-state index in [0.717, 1.165) is 18.2 Å². The molecule has 5 nitrogen and oxygen atoms in total. The number of nitrogens with zero attached hydrogens (tertiary/aromatic N) is 1. The van der Waals surface area contributed by atoms with Crippen LogP contribution in [0.2, 0.25) is 0 Å². The van der Waals surface area contributed by atoms with Crippen molar-refractivity contribution in [1.82, 2.24) is 0 Å². The van der Waals surface area contributed by atoms with Gasteiger partial charge >= 0.3 is 5.69 Å². The molecule has 0 bridgehead atoms. The van der Waals surface area contributed by atoms with E-state index in [9.17, 15) is 14.5 Å². The van der Waals surface area contributed by atoms with Crippen LogP contribution in [0, 0.1) is 15.9 Å².